The molecule has 1 amide bonds. The summed E-state index contributed by atoms with van der Waals surface area (Å²) in [7, 11) is 0. The third-order valence-electron chi connectivity index (χ3n) is 3.42. The lowest BCUT2D eigenvalue weighted by atomic mass is 10.0. The topological polar surface area (TPSA) is 101 Å². The molecule has 2 aromatic heterocycles. The van der Waals surface area contributed by atoms with E-state index in [1.165, 1.54) is 22.7 Å². The molecule has 0 aliphatic carbocycles. The Balaban J connectivity index is 2.01. The van der Waals surface area contributed by atoms with Gasteiger partial charge in [0.1, 0.15) is 5.71 Å². The largest absolute Gasteiger partial charge is 0.492 e. The molecule has 0 unspecified atom stereocenters. The molecule has 0 atom stereocenters. The molecule has 4 rings (SSSR count). The monoisotopic (exact) mass is 318 g/mol. The van der Waals surface area contributed by atoms with Gasteiger partial charge in [-0.3, -0.25) is 4.79 Å². The normalized spacial score (nSPS) is 17.1. The lowest BCUT2D eigenvalue weighted by molar-refractivity contribution is -0.114. The lowest BCUT2D eigenvalue weighted by Gasteiger charge is -2.06. The average Bonchev–Trinajstić information content (AvgIpc) is 3.07. The number of nitrogens with one attached hydrogen (secondary N) is 1. The third kappa shape index (κ3) is 1.79. The summed E-state index contributed by atoms with van der Waals surface area (Å²) >= 11 is 2.77. The van der Waals surface area contributed by atoms with Gasteiger partial charge >= 0.3 is 0 Å². The number of aromatic hydroxyl groups is 1. The van der Waals surface area contributed by atoms with Crippen LogP contribution in [0.25, 0.3) is 11.1 Å². The van der Waals surface area contributed by atoms with E-state index in [0.717, 1.165) is 21.7 Å². The van der Waals surface area contributed by atoms with Gasteiger partial charge < -0.3 is 16.2 Å². The number of rotatable bonds is 1. The van der Waals surface area contributed by atoms with Crippen LogP contribution in [-0.2, 0) is 4.79 Å². The van der Waals surface area contributed by atoms with Crippen LogP contribution in [0.2, 0.25) is 0 Å². The fourth-order valence-electron chi connectivity index (χ4n) is 2.57. The van der Waals surface area contributed by atoms with Gasteiger partial charge in [-0.05, 0) is 23.4 Å². The molecular weight excluding hydrogens is 308 g/mol. The second-order valence-electron chi connectivity index (χ2n) is 4.66. The van der Waals surface area contributed by atoms with Crippen LogP contribution in [0.5, 0.6) is 5.88 Å². The van der Waals surface area contributed by atoms with Crippen molar-refractivity contribution in [2.24, 2.45) is 4.99 Å². The van der Waals surface area contributed by atoms with Crippen LogP contribution in [0.15, 0.2) is 16.4 Å². The minimum atomic E-state index is -0.180. The molecule has 0 fully saturated rings. The van der Waals surface area contributed by atoms with E-state index in [-0.39, 0.29) is 11.8 Å². The summed E-state index contributed by atoms with van der Waals surface area (Å²) in [5.41, 5.74) is 8.57. The number of aliphatic imine (C=N–C) groups is 1. The number of fused-ring (bicyclic) bond motifs is 3. The van der Waals surface area contributed by atoms with Crippen molar-refractivity contribution in [2.75, 3.05) is 12.3 Å². The van der Waals surface area contributed by atoms with Crippen LogP contribution in [0.4, 0.5) is 10.8 Å². The van der Waals surface area contributed by atoms with Gasteiger partial charge in [0.25, 0.3) is 5.91 Å². The first-order valence-corrected chi connectivity index (χ1v) is 7.98. The summed E-state index contributed by atoms with van der Waals surface area (Å²) in [5.74, 6) is -0.265. The predicted octanol–water partition coefficient (Wildman–Crippen LogP) is 2.01. The summed E-state index contributed by atoms with van der Waals surface area (Å²) in [4.78, 5) is 22.0. The van der Waals surface area contributed by atoms with Crippen molar-refractivity contribution in [1.82, 2.24) is 10.3 Å². The van der Waals surface area contributed by atoms with Crippen molar-refractivity contribution in [1.29, 1.82) is 0 Å². The predicted molar refractivity (Wildman–Crippen MR) is 84.0 cm³/mol. The van der Waals surface area contributed by atoms with E-state index in [1.807, 2.05) is 11.4 Å². The van der Waals surface area contributed by atoms with Crippen molar-refractivity contribution in [3.05, 3.63) is 21.2 Å². The van der Waals surface area contributed by atoms with Gasteiger partial charge in [0, 0.05) is 12.1 Å². The number of nitrogens with two attached hydrogens (primary N) is 1. The molecule has 2 aliphatic rings. The number of thiazole rings is 1. The molecule has 21 heavy (non-hydrogen) atoms. The van der Waals surface area contributed by atoms with Crippen LogP contribution in [0, 0.1) is 0 Å². The third-order valence-corrected chi connectivity index (χ3v) is 5.27. The minimum Gasteiger partial charge on any atom is -0.492 e. The zero-order chi connectivity index (χ0) is 14.6. The Morgan fingerprint density at radius 1 is 1.38 bits per heavy atom. The number of amides is 1. The number of nitrogens with zero attached hydrogens (tertiary/aromatic N) is 2. The summed E-state index contributed by atoms with van der Waals surface area (Å²) in [6, 6.07) is 1.89. The smallest absolute Gasteiger partial charge is 0.270 e. The van der Waals surface area contributed by atoms with Crippen LogP contribution >= 0.6 is 22.7 Å². The van der Waals surface area contributed by atoms with Gasteiger partial charge in [-0.15, -0.1) is 11.3 Å². The standard InChI is InChI=1S/C13H10N4O2S2/c14-13-17-12(19)9(21-13)5-1-3-15-11(18)8-7(5)10-6(16-8)2-4-20-10/h2,4,19H,1,3H2,(H2,14,17)(H,15,18). The molecule has 0 bridgehead atoms. The Kier molecular flexibility index (Phi) is 2.63. The Bertz CT molecular complexity index is 831. The van der Waals surface area contributed by atoms with E-state index in [1.54, 1.807) is 0 Å². The van der Waals surface area contributed by atoms with Crippen LogP contribution in [0.1, 0.15) is 16.2 Å². The van der Waals surface area contributed by atoms with Crippen molar-refractivity contribution in [2.45, 2.75) is 6.42 Å². The van der Waals surface area contributed by atoms with E-state index in [2.05, 4.69) is 15.3 Å². The summed E-state index contributed by atoms with van der Waals surface area (Å²) in [6.45, 7) is 0.495. The average molecular weight is 318 g/mol. The highest BCUT2D eigenvalue weighted by molar-refractivity contribution is 7.17. The maximum atomic E-state index is 12.2. The van der Waals surface area contributed by atoms with Gasteiger partial charge in [-0.2, -0.15) is 4.98 Å². The molecule has 4 N–H and O–H groups in total. The summed E-state index contributed by atoms with van der Waals surface area (Å²) in [6.07, 6.45) is 0.604. The van der Waals surface area contributed by atoms with Crippen LogP contribution in [0.3, 0.4) is 0 Å². The molecule has 0 saturated carbocycles. The van der Waals surface area contributed by atoms with Crippen molar-refractivity contribution in [3.8, 4) is 5.88 Å². The first-order chi connectivity index (χ1) is 10.1. The maximum Gasteiger partial charge on any atom is 0.270 e. The van der Waals surface area contributed by atoms with Crippen LogP contribution in [-0.4, -0.2) is 28.3 Å². The fourth-order valence-corrected chi connectivity index (χ4v) is 4.28. The molecule has 0 aromatic carbocycles. The Labute approximate surface area is 127 Å². The number of thiophene rings is 1. The van der Waals surface area contributed by atoms with Crippen LogP contribution < -0.4 is 11.1 Å². The molecular formula is C13H10N4O2S2. The molecule has 106 valence electrons. The molecule has 2 aliphatic heterocycles. The molecule has 6 nitrogen and oxygen atoms in total. The van der Waals surface area contributed by atoms with E-state index < -0.39 is 0 Å². The van der Waals surface area contributed by atoms with Gasteiger partial charge in [0.05, 0.1) is 15.4 Å². The van der Waals surface area contributed by atoms with Gasteiger partial charge in [0.2, 0.25) is 5.88 Å². The number of aromatic nitrogens is 1. The van der Waals surface area contributed by atoms with E-state index >= 15 is 0 Å². The number of anilines is 1. The number of nitrogen functional groups attached to an aromatic ring is 1. The van der Waals surface area contributed by atoms with E-state index in [9.17, 15) is 9.90 Å². The highest BCUT2D eigenvalue weighted by Crippen LogP contribution is 2.47. The quantitative estimate of drug-likeness (QED) is 0.748. The molecule has 4 heterocycles. The van der Waals surface area contributed by atoms with Gasteiger partial charge in [0.15, 0.2) is 5.13 Å². The molecule has 0 spiro atoms. The Morgan fingerprint density at radius 2 is 2.24 bits per heavy atom. The highest BCUT2D eigenvalue weighted by atomic mass is 32.1. The highest BCUT2D eigenvalue weighted by Gasteiger charge is 2.33. The van der Waals surface area contributed by atoms with Gasteiger partial charge in [-0.25, -0.2) is 4.99 Å². The minimum absolute atomic E-state index is 0.0845. The van der Waals surface area contributed by atoms with Gasteiger partial charge in [-0.1, -0.05) is 11.3 Å². The van der Waals surface area contributed by atoms with E-state index in [0.29, 0.717) is 28.7 Å². The summed E-state index contributed by atoms with van der Waals surface area (Å²) in [5, 5.41) is 15.1. The Hall–Kier alpha value is -2.19. The summed E-state index contributed by atoms with van der Waals surface area (Å²) < 4.78 is 0. The molecule has 8 heteroatoms. The van der Waals surface area contributed by atoms with Crippen molar-refractivity contribution in [3.63, 3.8) is 0 Å². The second-order valence-corrected chi connectivity index (χ2v) is 6.61. The maximum absolute atomic E-state index is 12.2. The van der Waals surface area contributed by atoms with Crippen molar-refractivity contribution < 1.29 is 9.90 Å². The molecule has 0 saturated heterocycles. The molecule has 2 aromatic rings. The van der Waals surface area contributed by atoms with E-state index in [4.69, 9.17) is 5.73 Å². The van der Waals surface area contributed by atoms with Crippen molar-refractivity contribution >= 4 is 56.3 Å². The zero-order valence-electron chi connectivity index (χ0n) is 10.7. The zero-order valence-corrected chi connectivity index (χ0v) is 12.3. The Morgan fingerprint density at radius 3 is 3.00 bits per heavy atom. The number of hydrogen-bond acceptors (Lipinski definition) is 7. The number of hydrogen-bond donors (Lipinski definition) is 3. The first-order valence-electron chi connectivity index (χ1n) is 6.29. The SMILES string of the molecule is Nc1nc(O)c(C2=C3C(=Nc4ccsc43)C(=O)NCC2)s1. The fraction of sp³-hybridized carbons (Fsp3) is 0.154. The molecule has 0 radical (unpaired) electrons. The lowest BCUT2D eigenvalue weighted by Crippen LogP contribution is -2.29. The number of carbonyl (C=O) groups excluding carboxylic acids is 1. The number of carbonyl (C=O) groups is 1. The second kappa shape index (κ2) is 4.40. The first kappa shape index (κ1) is 12.5.